The summed E-state index contributed by atoms with van der Waals surface area (Å²) in [5, 5.41) is 35.2. The molecule has 0 unspecified atom stereocenters. The van der Waals surface area contributed by atoms with Gasteiger partial charge in [0.15, 0.2) is 17.5 Å². The van der Waals surface area contributed by atoms with Crippen LogP contribution in [0.15, 0.2) is 206 Å². The molecule has 0 aliphatic carbocycles. The van der Waals surface area contributed by atoms with E-state index in [0.717, 1.165) is 77.0 Å². The Bertz CT molecular complexity index is 3870. The number of rotatable bonds is 7. The lowest BCUT2D eigenvalue weighted by Crippen LogP contribution is -2.08. The van der Waals surface area contributed by atoms with Crippen molar-refractivity contribution in [3.8, 4) is 86.0 Å². The molecule has 12 rings (SSSR count). The van der Waals surface area contributed by atoms with Gasteiger partial charge in [0.1, 0.15) is 0 Å². The molecule has 314 valence electrons. The molecule has 9 aromatic carbocycles. The van der Waals surface area contributed by atoms with Crippen LogP contribution in [0, 0.1) is 34.0 Å². The van der Waals surface area contributed by atoms with Gasteiger partial charge in [-0.1, -0.05) is 146 Å². The zero-order valence-electron chi connectivity index (χ0n) is 36.2. The van der Waals surface area contributed by atoms with Crippen molar-refractivity contribution >= 4 is 43.6 Å². The number of nitrogens with zero attached hydrogens (tertiary/aromatic N) is 8. The van der Waals surface area contributed by atoms with Crippen LogP contribution >= 0.6 is 0 Å². The highest BCUT2D eigenvalue weighted by molar-refractivity contribution is 6.13. The molecular weight excluding hydrogens is 833 g/mol. The number of nitriles is 3. The summed E-state index contributed by atoms with van der Waals surface area (Å²) >= 11 is 0. The van der Waals surface area contributed by atoms with Gasteiger partial charge in [-0.3, -0.25) is 0 Å². The van der Waals surface area contributed by atoms with Gasteiger partial charge < -0.3 is 9.13 Å². The van der Waals surface area contributed by atoms with E-state index in [-0.39, 0.29) is 0 Å². The quantitative estimate of drug-likeness (QED) is 0.157. The van der Waals surface area contributed by atoms with Crippen molar-refractivity contribution in [2.24, 2.45) is 0 Å². The molecule has 0 fully saturated rings. The first kappa shape index (κ1) is 39.6. The zero-order chi connectivity index (χ0) is 45.7. The average molecular weight is 867 g/mol. The summed E-state index contributed by atoms with van der Waals surface area (Å²) < 4.78 is 4.42. The van der Waals surface area contributed by atoms with E-state index in [9.17, 15) is 15.8 Å². The van der Waals surface area contributed by atoms with Gasteiger partial charge in [0.25, 0.3) is 0 Å². The first-order chi connectivity index (χ1) is 33.6. The fourth-order valence-electron chi connectivity index (χ4n) is 9.64. The Hall–Kier alpha value is -9.94. The van der Waals surface area contributed by atoms with Crippen molar-refractivity contribution < 1.29 is 0 Å². The number of benzene rings is 9. The van der Waals surface area contributed by atoms with Crippen molar-refractivity contribution in [1.82, 2.24) is 24.1 Å². The predicted octanol–water partition coefficient (Wildman–Crippen LogP) is 14.0. The van der Waals surface area contributed by atoms with Crippen LogP contribution in [0.2, 0.25) is 0 Å². The lowest BCUT2D eigenvalue weighted by Gasteiger charge is -2.20. The van der Waals surface area contributed by atoms with Crippen LogP contribution in [-0.2, 0) is 0 Å². The Labute approximate surface area is 390 Å². The summed E-state index contributed by atoms with van der Waals surface area (Å²) in [4.78, 5) is 15.8. The molecule has 3 aromatic heterocycles. The lowest BCUT2D eigenvalue weighted by molar-refractivity contribution is 1.05. The highest BCUT2D eigenvalue weighted by Gasteiger charge is 2.27. The van der Waals surface area contributed by atoms with Gasteiger partial charge in [-0.2, -0.15) is 15.8 Å². The van der Waals surface area contributed by atoms with Crippen LogP contribution in [0.3, 0.4) is 0 Å². The lowest BCUT2D eigenvalue weighted by atomic mass is 9.98. The van der Waals surface area contributed by atoms with Crippen molar-refractivity contribution in [3.05, 3.63) is 223 Å². The zero-order valence-corrected chi connectivity index (χ0v) is 36.2. The molecule has 0 amide bonds. The molecule has 0 aliphatic heterocycles. The van der Waals surface area contributed by atoms with Crippen molar-refractivity contribution in [3.63, 3.8) is 0 Å². The minimum Gasteiger partial charge on any atom is -0.308 e. The standard InChI is InChI=1S/C60H34N8/c61-35-38-31-55(67-51-25-13-11-23-47(51)49-33-41(27-29-53(49)67)45-21-9-7-19-43(45)36-62)57(60-65-58(39-15-3-1-4-16-39)64-59(66-60)40-17-5-2-6-18-40)56(32-38)68-52-26-14-12-24-48(52)50-34-42(28-30-54(50)68)46-22-10-8-20-44(46)37-63/h1-34H. The van der Waals surface area contributed by atoms with Gasteiger partial charge in [0.2, 0.25) is 0 Å². The maximum Gasteiger partial charge on any atom is 0.168 e. The third-order valence-corrected chi connectivity index (χ3v) is 12.7. The molecule has 0 aliphatic rings. The smallest absolute Gasteiger partial charge is 0.168 e. The Morgan fingerprint density at radius 2 is 0.721 bits per heavy atom. The number of hydrogen-bond acceptors (Lipinski definition) is 6. The topological polar surface area (TPSA) is 120 Å². The van der Waals surface area contributed by atoms with Gasteiger partial charge >= 0.3 is 0 Å². The first-order valence-corrected chi connectivity index (χ1v) is 22.1. The van der Waals surface area contributed by atoms with Gasteiger partial charge in [-0.15, -0.1) is 0 Å². The Kier molecular flexibility index (Phi) is 9.47. The highest BCUT2D eigenvalue weighted by Crippen LogP contribution is 2.44. The monoisotopic (exact) mass is 866 g/mol. The van der Waals surface area contributed by atoms with E-state index in [0.29, 0.717) is 51.1 Å². The van der Waals surface area contributed by atoms with Gasteiger partial charge in [-0.25, -0.2) is 15.0 Å². The molecule has 3 heterocycles. The molecule has 0 atom stereocenters. The van der Waals surface area contributed by atoms with Crippen LogP contribution in [0.25, 0.3) is 111 Å². The van der Waals surface area contributed by atoms with Crippen LogP contribution in [0.1, 0.15) is 16.7 Å². The summed E-state index contributed by atoms with van der Waals surface area (Å²) in [5.74, 6) is 1.42. The molecule has 68 heavy (non-hydrogen) atoms. The second-order valence-corrected chi connectivity index (χ2v) is 16.5. The van der Waals surface area contributed by atoms with Crippen LogP contribution in [0.4, 0.5) is 0 Å². The maximum absolute atomic E-state index is 11.0. The average Bonchev–Trinajstić information content (AvgIpc) is 3.92. The molecule has 0 N–H and O–H groups in total. The SMILES string of the molecule is N#Cc1cc(-n2c3ccccc3c3cc(-c4ccccc4C#N)ccc32)c(-c2nc(-c3ccccc3)nc(-c3ccccc3)n2)c(-n2c3ccccc3c3cc(-c4ccccc4C#N)ccc32)c1. The second-order valence-electron chi connectivity index (χ2n) is 16.5. The van der Waals surface area contributed by atoms with Crippen molar-refractivity contribution in [1.29, 1.82) is 15.8 Å². The normalized spacial score (nSPS) is 11.2. The number of fused-ring (bicyclic) bond motifs is 6. The summed E-state index contributed by atoms with van der Waals surface area (Å²) in [7, 11) is 0. The molecule has 0 saturated heterocycles. The molecule has 0 saturated carbocycles. The van der Waals surface area contributed by atoms with Gasteiger partial charge in [0.05, 0.1) is 73.9 Å². The highest BCUT2D eigenvalue weighted by atomic mass is 15.1. The van der Waals surface area contributed by atoms with Crippen LogP contribution in [-0.4, -0.2) is 24.1 Å². The third kappa shape index (κ3) is 6.47. The van der Waals surface area contributed by atoms with E-state index < -0.39 is 0 Å². The molecule has 8 heteroatoms. The summed E-state index contributed by atoms with van der Waals surface area (Å²) in [6.07, 6.45) is 0. The van der Waals surface area contributed by atoms with E-state index in [1.54, 1.807) is 0 Å². The van der Waals surface area contributed by atoms with E-state index in [1.165, 1.54) is 0 Å². The minimum absolute atomic E-state index is 0.420. The van der Waals surface area contributed by atoms with Gasteiger partial charge in [-0.05, 0) is 82.9 Å². The fourth-order valence-corrected chi connectivity index (χ4v) is 9.64. The predicted molar refractivity (Wildman–Crippen MR) is 270 cm³/mol. The molecule has 0 spiro atoms. The van der Waals surface area contributed by atoms with E-state index in [1.807, 2.05) is 146 Å². The number of aromatic nitrogens is 5. The van der Waals surface area contributed by atoms with E-state index in [2.05, 4.69) is 88.0 Å². The molecule has 0 bridgehead atoms. The summed E-state index contributed by atoms with van der Waals surface area (Å²) in [6, 6.07) is 75.4. The minimum atomic E-state index is 0.420. The van der Waals surface area contributed by atoms with E-state index in [4.69, 9.17) is 15.0 Å². The van der Waals surface area contributed by atoms with E-state index >= 15 is 0 Å². The largest absolute Gasteiger partial charge is 0.308 e. The molecular formula is C60H34N8. The summed E-state index contributed by atoms with van der Waals surface area (Å²) in [5.41, 5.74) is 12.5. The molecule has 12 aromatic rings. The van der Waals surface area contributed by atoms with Crippen molar-refractivity contribution in [2.45, 2.75) is 0 Å². The van der Waals surface area contributed by atoms with Crippen molar-refractivity contribution in [2.75, 3.05) is 0 Å². The number of hydrogen-bond donors (Lipinski definition) is 0. The van der Waals surface area contributed by atoms with Crippen LogP contribution < -0.4 is 0 Å². The van der Waals surface area contributed by atoms with Crippen LogP contribution in [0.5, 0.6) is 0 Å². The Morgan fingerprint density at radius 1 is 0.324 bits per heavy atom. The fraction of sp³-hybridized carbons (Fsp3) is 0. The number of para-hydroxylation sites is 2. The second kappa shape index (κ2) is 16.2. The Morgan fingerprint density at radius 3 is 1.18 bits per heavy atom. The van der Waals surface area contributed by atoms with Gasteiger partial charge in [0, 0.05) is 32.7 Å². The summed E-state index contributed by atoms with van der Waals surface area (Å²) in [6.45, 7) is 0. The third-order valence-electron chi connectivity index (χ3n) is 12.7. The molecule has 8 nitrogen and oxygen atoms in total. The molecule has 0 radical (unpaired) electrons. The maximum atomic E-state index is 11.0. The Balaban J connectivity index is 1.23. The first-order valence-electron chi connectivity index (χ1n) is 22.1.